The number of hydrogen-bond donors (Lipinski definition) is 1. The van der Waals surface area contributed by atoms with Crippen LogP contribution in [0.4, 0.5) is 0 Å². The molecule has 104 valence electrons. The molecule has 1 fully saturated rings. The van der Waals surface area contributed by atoms with Gasteiger partial charge in [0.2, 0.25) is 0 Å². The van der Waals surface area contributed by atoms with E-state index in [0.29, 0.717) is 17.9 Å². The predicted octanol–water partition coefficient (Wildman–Crippen LogP) is 2.38. The number of carbonyl (C=O) groups is 1. The van der Waals surface area contributed by atoms with Crippen LogP contribution in [0.25, 0.3) is 0 Å². The van der Waals surface area contributed by atoms with Crippen LogP contribution in [0, 0.1) is 0 Å². The van der Waals surface area contributed by atoms with Gasteiger partial charge in [-0.05, 0) is 38.8 Å². The summed E-state index contributed by atoms with van der Waals surface area (Å²) in [6.45, 7) is 5.23. The summed E-state index contributed by atoms with van der Waals surface area (Å²) in [5, 5.41) is 2.99. The van der Waals surface area contributed by atoms with Crippen LogP contribution in [0.3, 0.4) is 0 Å². The minimum atomic E-state index is -0.105. The number of amides is 1. The van der Waals surface area contributed by atoms with E-state index in [-0.39, 0.29) is 18.1 Å². The van der Waals surface area contributed by atoms with Crippen molar-refractivity contribution >= 4 is 5.91 Å². The summed E-state index contributed by atoms with van der Waals surface area (Å²) < 4.78 is 11.1. The van der Waals surface area contributed by atoms with E-state index in [1.165, 1.54) is 0 Å². The molecule has 1 N–H and O–H groups in total. The highest BCUT2D eigenvalue weighted by molar-refractivity contribution is 5.97. The van der Waals surface area contributed by atoms with Crippen LogP contribution in [0.15, 0.2) is 24.3 Å². The summed E-state index contributed by atoms with van der Waals surface area (Å²) in [7, 11) is 0. The molecule has 0 saturated carbocycles. The zero-order valence-corrected chi connectivity index (χ0v) is 11.5. The van der Waals surface area contributed by atoms with Gasteiger partial charge in [0.1, 0.15) is 5.75 Å². The topological polar surface area (TPSA) is 47.6 Å². The van der Waals surface area contributed by atoms with Crippen LogP contribution < -0.4 is 10.1 Å². The Morgan fingerprint density at radius 1 is 1.53 bits per heavy atom. The van der Waals surface area contributed by atoms with Crippen LogP contribution in [0.2, 0.25) is 0 Å². The highest BCUT2D eigenvalue weighted by Crippen LogP contribution is 2.19. The maximum Gasteiger partial charge on any atom is 0.255 e. The van der Waals surface area contributed by atoms with Crippen LogP contribution >= 0.6 is 0 Å². The third-order valence-electron chi connectivity index (χ3n) is 3.31. The molecule has 1 aliphatic heterocycles. The number of hydrogen-bond acceptors (Lipinski definition) is 3. The summed E-state index contributed by atoms with van der Waals surface area (Å²) in [6.07, 6.45) is 2.21. The Hall–Kier alpha value is -1.55. The van der Waals surface area contributed by atoms with Gasteiger partial charge in [-0.15, -0.1) is 0 Å². The van der Waals surface area contributed by atoms with Crippen LogP contribution in [0.1, 0.15) is 37.0 Å². The highest BCUT2D eigenvalue weighted by atomic mass is 16.5. The molecule has 19 heavy (non-hydrogen) atoms. The third kappa shape index (κ3) is 3.47. The van der Waals surface area contributed by atoms with E-state index >= 15 is 0 Å². The second-order valence-electron chi connectivity index (χ2n) is 4.74. The lowest BCUT2D eigenvalue weighted by Gasteiger charge is -2.20. The van der Waals surface area contributed by atoms with Crippen LogP contribution in [0.5, 0.6) is 5.75 Å². The SMILES string of the molecule is CCOc1ccccc1C(=O)NC(C)C1CCCO1. The van der Waals surface area contributed by atoms with Gasteiger partial charge in [0, 0.05) is 6.61 Å². The molecular formula is C15H21NO3. The van der Waals surface area contributed by atoms with Crippen molar-refractivity contribution in [3.05, 3.63) is 29.8 Å². The van der Waals surface area contributed by atoms with E-state index in [1.807, 2.05) is 32.0 Å². The Morgan fingerprint density at radius 3 is 3.00 bits per heavy atom. The lowest BCUT2D eigenvalue weighted by Crippen LogP contribution is -2.40. The van der Waals surface area contributed by atoms with Gasteiger partial charge in [-0.3, -0.25) is 4.79 Å². The smallest absolute Gasteiger partial charge is 0.255 e. The maximum atomic E-state index is 12.3. The van der Waals surface area contributed by atoms with E-state index in [9.17, 15) is 4.79 Å². The summed E-state index contributed by atoms with van der Waals surface area (Å²) >= 11 is 0. The molecule has 2 atom stereocenters. The number of para-hydroxylation sites is 1. The standard InChI is InChI=1S/C15H21NO3/c1-3-18-14-8-5-4-7-12(14)15(17)16-11(2)13-9-6-10-19-13/h4-5,7-8,11,13H,3,6,9-10H2,1-2H3,(H,16,17). The van der Waals surface area contributed by atoms with Gasteiger partial charge in [-0.1, -0.05) is 12.1 Å². The zero-order valence-electron chi connectivity index (χ0n) is 11.5. The minimum absolute atomic E-state index is 0.0182. The third-order valence-corrected chi connectivity index (χ3v) is 3.31. The Balaban J connectivity index is 2.02. The molecule has 4 heteroatoms. The van der Waals surface area contributed by atoms with Crippen molar-refractivity contribution in [3.8, 4) is 5.75 Å². The van der Waals surface area contributed by atoms with Crippen molar-refractivity contribution in [2.75, 3.05) is 13.2 Å². The fraction of sp³-hybridized carbons (Fsp3) is 0.533. The van der Waals surface area contributed by atoms with Crippen LogP contribution in [-0.2, 0) is 4.74 Å². The maximum absolute atomic E-state index is 12.3. The molecule has 0 bridgehead atoms. The van der Waals surface area contributed by atoms with Gasteiger partial charge in [0.25, 0.3) is 5.91 Å². The first-order chi connectivity index (χ1) is 9.22. The fourth-order valence-electron chi connectivity index (χ4n) is 2.31. The summed E-state index contributed by atoms with van der Waals surface area (Å²) in [5.74, 6) is 0.522. The van der Waals surface area contributed by atoms with E-state index < -0.39 is 0 Å². The van der Waals surface area contributed by atoms with E-state index in [4.69, 9.17) is 9.47 Å². The molecule has 1 heterocycles. The lowest BCUT2D eigenvalue weighted by molar-refractivity contribution is 0.0710. The quantitative estimate of drug-likeness (QED) is 0.887. The summed E-state index contributed by atoms with van der Waals surface area (Å²) in [5.41, 5.74) is 0.578. The Morgan fingerprint density at radius 2 is 2.32 bits per heavy atom. The second-order valence-corrected chi connectivity index (χ2v) is 4.74. The van der Waals surface area contributed by atoms with Gasteiger partial charge >= 0.3 is 0 Å². The molecule has 1 aromatic rings. The van der Waals surface area contributed by atoms with Gasteiger partial charge in [0.05, 0.1) is 24.3 Å². The first-order valence-corrected chi connectivity index (χ1v) is 6.86. The molecule has 0 spiro atoms. The van der Waals surface area contributed by atoms with Gasteiger partial charge < -0.3 is 14.8 Å². The van der Waals surface area contributed by atoms with Crippen molar-refractivity contribution in [1.82, 2.24) is 5.32 Å². The van der Waals surface area contributed by atoms with Crippen molar-refractivity contribution in [2.45, 2.75) is 38.8 Å². The monoisotopic (exact) mass is 263 g/mol. The highest BCUT2D eigenvalue weighted by Gasteiger charge is 2.24. The molecule has 2 unspecified atom stereocenters. The molecule has 1 aliphatic rings. The molecule has 1 aromatic carbocycles. The van der Waals surface area contributed by atoms with Crippen molar-refractivity contribution in [3.63, 3.8) is 0 Å². The molecule has 0 radical (unpaired) electrons. The number of ether oxygens (including phenoxy) is 2. The number of benzene rings is 1. The van der Waals surface area contributed by atoms with Crippen molar-refractivity contribution in [1.29, 1.82) is 0 Å². The molecule has 4 nitrogen and oxygen atoms in total. The van der Waals surface area contributed by atoms with E-state index in [2.05, 4.69) is 5.32 Å². The lowest BCUT2D eigenvalue weighted by atomic mass is 10.1. The Kier molecular flexibility index (Phi) is 4.80. The molecule has 0 aromatic heterocycles. The summed E-state index contributed by atoms with van der Waals surface area (Å²) in [4.78, 5) is 12.3. The number of rotatable bonds is 5. The number of carbonyl (C=O) groups excluding carboxylic acids is 1. The average Bonchev–Trinajstić information content (AvgIpc) is 2.93. The largest absolute Gasteiger partial charge is 0.493 e. The zero-order chi connectivity index (χ0) is 13.7. The van der Waals surface area contributed by atoms with E-state index in [1.54, 1.807) is 6.07 Å². The number of nitrogens with one attached hydrogen (secondary N) is 1. The molecule has 1 amide bonds. The normalized spacial score (nSPS) is 20.0. The molecule has 2 rings (SSSR count). The van der Waals surface area contributed by atoms with Crippen molar-refractivity contribution < 1.29 is 14.3 Å². The Labute approximate surface area is 114 Å². The molecular weight excluding hydrogens is 242 g/mol. The second kappa shape index (κ2) is 6.57. The average molecular weight is 263 g/mol. The first-order valence-electron chi connectivity index (χ1n) is 6.86. The van der Waals surface area contributed by atoms with Gasteiger partial charge in [-0.25, -0.2) is 0 Å². The van der Waals surface area contributed by atoms with Gasteiger partial charge in [0.15, 0.2) is 0 Å². The first kappa shape index (κ1) is 13.9. The predicted molar refractivity (Wildman–Crippen MR) is 73.5 cm³/mol. The molecule has 1 saturated heterocycles. The van der Waals surface area contributed by atoms with Gasteiger partial charge in [-0.2, -0.15) is 0 Å². The minimum Gasteiger partial charge on any atom is -0.493 e. The fourth-order valence-corrected chi connectivity index (χ4v) is 2.31. The van der Waals surface area contributed by atoms with E-state index in [0.717, 1.165) is 19.4 Å². The Bertz CT molecular complexity index is 427. The molecule has 0 aliphatic carbocycles. The van der Waals surface area contributed by atoms with Crippen molar-refractivity contribution in [2.24, 2.45) is 0 Å². The van der Waals surface area contributed by atoms with Crippen LogP contribution in [-0.4, -0.2) is 31.3 Å². The summed E-state index contributed by atoms with van der Waals surface area (Å²) in [6, 6.07) is 7.32.